The molecule has 0 saturated carbocycles. The van der Waals surface area contributed by atoms with Gasteiger partial charge in [0.2, 0.25) is 5.91 Å². The molecular weight excluding hydrogens is 369 g/mol. The number of carbonyl (C=O) groups is 2. The number of urea groups is 1. The summed E-state index contributed by atoms with van der Waals surface area (Å²) in [4.78, 5) is 26.8. The van der Waals surface area contributed by atoms with Crippen molar-refractivity contribution in [3.63, 3.8) is 0 Å². The Morgan fingerprint density at radius 1 is 0.966 bits per heavy atom. The van der Waals surface area contributed by atoms with E-state index in [1.54, 1.807) is 17.0 Å². The van der Waals surface area contributed by atoms with E-state index in [0.29, 0.717) is 18.8 Å². The van der Waals surface area contributed by atoms with Gasteiger partial charge in [-0.2, -0.15) is 0 Å². The molecule has 2 aromatic rings. The zero-order chi connectivity index (χ0) is 21.0. The third-order valence-corrected chi connectivity index (χ3v) is 5.53. The van der Waals surface area contributed by atoms with Crippen LogP contribution in [-0.2, 0) is 4.79 Å². The fourth-order valence-corrected chi connectivity index (χ4v) is 3.86. The lowest BCUT2D eigenvalue weighted by molar-refractivity contribution is -0.121. The molecule has 0 radical (unpaired) electrons. The average molecular weight is 397 g/mol. The number of aryl methyl sites for hydroxylation is 2. The van der Waals surface area contributed by atoms with E-state index in [2.05, 4.69) is 16.7 Å². The minimum atomic E-state index is -0.336. The maximum Gasteiger partial charge on any atom is 0.321 e. The fourth-order valence-electron chi connectivity index (χ4n) is 3.86. The number of nitrogens with one attached hydrogen (secondary N) is 2. The quantitative estimate of drug-likeness (QED) is 0.766. The van der Waals surface area contributed by atoms with Gasteiger partial charge in [0.25, 0.3) is 0 Å². The molecule has 0 bridgehead atoms. The van der Waals surface area contributed by atoms with E-state index in [1.807, 2.05) is 32.9 Å². The molecule has 2 aromatic carbocycles. The molecule has 1 saturated heterocycles. The summed E-state index contributed by atoms with van der Waals surface area (Å²) in [5, 5.41) is 5.82. The van der Waals surface area contributed by atoms with Gasteiger partial charge in [0.05, 0.1) is 0 Å². The highest BCUT2D eigenvalue weighted by Crippen LogP contribution is 2.27. The second-order valence-corrected chi connectivity index (χ2v) is 7.92. The van der Waals surface area contributed by atoms with Crippen molar-refractivity contribution in [3.05, 3.63) is 59.4 Å². The summed E-state index contributed by atoms with van der Waals surface area (Å²) >= 11 is 0. The fraction of sp³-hybridized carbons (Fsp3) is 0.391. The largest absolute Gasteiger partial charge is 0.326 e. The van der Waals surface area contributed by atoms with Gasteiger partial charge in [-0.25, -0.2) is 9.18 Å². The van der Waals surface area contributed by atoms with Crippen molar-refractivity contribution < 1.29 is 14.0 Å². The minimum Gasteiger partial charge on any atom is -0.326 e. The molecule has 0 spiro atoms. The average Bonchev–Trinajstić information content (AvgIpc) is 2.68. The van der Waals surface area contributed by atoms with Crippen LogP contribution in [0.1, 0.15) is 30.9 Å². The van der Waals surface area contributed by atoms with Crippen molar-refractivity contribution in [1.29, 1.82) is 0 Å². The van der Waals surface area contributed by atoms with Gasteiger partial charge in [-0.15, -0.1) is 0 Å². The number of hydrogen-bond donors (Lipinski definition) is 2. The van der Waals surface area contributed by atoms with Crippen LogP contribution >= 0.6 is 0 Å². The summed E-state index contributed by atoms with van der Waals surface area (Å²) in [6.45, 7) is 7.17. The molecular formula is C23H28FN3O2. The Labute approximate surface area is 171 Å². The first-order valence-corrected chi connectivity index (χ1v) is 10.0. The molecule has 0 aromatic heterocycles. The lowest BCUT2D eigenvalue weighted by Gasteiger charge is -2.34. The van der Waals surface area contributed by atoms with Gasteiger partial charge < -0.3 is 15.5 Å². The molecule has 2 N–H and O–H groups in total. The first-order chi connectivity index (χ1) is 13.8. The van der Waals surface area contributed by atoms with E-state index >= 15 is 0 Å². The molecule has 0 unspecified atom stereocenters. The molecule has 3 amide bonds. The smallest absolute Gasteiger partial charge is 0.321 e. The van der Waals surface area contributed by atoms with Crippen LogP contribution in [0.15, 0.2) is 42.5 Å². The zero-order valence-corrected chi connectivity index (χ0v) is 17.2. The summed E-state index contributed by atoms with van der Waals surface area (Å²) in [6.07, 6.45) is 1.55. The minimum absolute atomic E-state index is 0.0178. The Hall–Kier alpha value is -2.89. The predicted octanol–water partition coefficient (Wildman–Crippen LogP) is 4.96. The molecule has 6 heteroatoms. The SMILES string of the molecule is Cc1cc(C)cc(NC(=O)[C@H](C)C2CCN(C(=O)Nc3ccc(F)cc3)CC2)c1. The molecule has 1 fully saturated rings. The van der Waals surface area contributed by atoms with Gasteiger partial charge in [-0.05, 0) is 80.1 Å². The molecule has 0 aliphatic carbocycles. The van der Waals surface area contributed by atoms with Crippen LogP contribution in [0.25, 0.3) is 0 Å². The van der Waals surface area contributed by atoms with Crippen molar-refractivity contribution in [2.24, 2.45) is 11.8 Å². The van der Waals surface area contributed by atoms with Gasteiger partial charge in [0, 0.05) is 30.4 Å². The molecule has 1 heterocycles. The lowest BCUT2D eigenvalue weighted by Crippen LogP contribution is -2.43. The third-order valence-electron chi connectivity index (χ3n) is 5.53. The van der Waals surface area contributed by atoms with E-state index in [9.17, 15) is 14.0 Å². The van der Waals surface area contributed by atoms with Gasteiger partial charge >= 0.3 is 6.03 Å². The highest BCUT2D eigenvalue weighted by molar-refractivity contribution is 5.93. The van der Waals surface area contributed by atoms with Gasteiger partial charge in [0.1, 0.15) is 5.82 Å². The normalized spacial score (nSPS) is 15.7. The van der Waals surface area contributed by atoms with E-state index in [0.717, 1.165) is 29.7 Å². The van der Waals surface area contributed by atoms with Gasteiger partial charge in [-0.1, -0.05) is 13.0 Å². The Bertz CT molecular complexity index is 854. The third kappa shape index (κ3) is 5.56. The standard InChI is InChI=1S/C23H28FN3O2/c1-15-12-16(2)14-21(13-15)25-22(28)17(3)18-8-10-27(11-9-18)23(29)26-20-6-4-19(24)5-7-20/h4-7,12-14,17-18H,8-11H2,1-3H3,(H,25,28)(H,26,29)/t17-/m1/s1. The number of piperidine rings is 1. The van der Waals surface area contributed by atoms with Crippen molar-refractivity contribution in [3.8, 4) is 0 Å². The molecule has 5 nitrogen and oxygen atoms in total. The van der Waals surface area contributed by atoms with Gasteiger partial charge in [-0.3, -0.25) is 4.79 Å². The summed E-state index contributed by atoms with van der Waals surface area (Å²) in [7, 11) is 0. The van der Waals surface area contributed by atoms with E-state index < -0.39 is 0 Å². The molecule has 1 aliphatic heterocycles. The monoisotopic (exact) mass is 397 g/mol. The number of amides is 3. The van der Waals surface area contributed by atoms with Crippen LogP contribution in [0.5, 0.6) is 0 Å². The summed E-state index contributed by atoms with van der Waals surface area (Å²) < 4.78 is 13.0. The summed E-state index contributed by atoms with van der Waals surface area (Å²) in [5.74, 6) is -0.213. The number of anilines is 2. The molecule has 154 valence electrons. The lowest BCUT2D eigenvalue weighted by atomic mass is 9.85. The summed E-state index contributed by atoms with van der Waals surface area (Å²) in [6, 6.07) is 11.5. The van der Waals surface area contributed by atoms with Crippen molar-refractivity contribution in [1.82, 2.24) is 4.90 Å². The van der Waals surface area contributed by atoms with Crippen LogP contribution in [0.3, 0.4) is 0 Å². The Morgan fingerprint density at radius 2 is 1.55 bits per heavy atom. The van der Waals surface area contributed by atoms with Crippen LogP contribution in [0.4, 0.5) is 20.6 Å². The second-order valence-electron chi connectivity index (χ2n) is 7.92. The summed E-state index contributed by atoms with van der Waals surface area (Å²) in [5.41, 5.74) is 3.64. The second kappa shape index (κ2) is 9.07. The Morgan fingerprint density at radius 3 is 2.14 bits per heavy atom. The van der Waals surface area contributed by atoms with Crippen LogP contribution in [-0.4, -0.2) is 29.9 Å². The van der Waals surface area contributed by atoms with Crippen molar-refractivity contribution in [2.75, 3.05) is 23.7 Å². The number of benzene rings is 2. The molecule has 1 atom stereocenters. The number of nitrogens with zero attached hydrogens (tertiary/aromatic N) is 1. The highest BCUT2D eigenvalue weighted by Gasteiger charge is 2.30. The first-order valence-electron chi connectivity index (χ1n) is 10.0. The molecule has 29 heavy (non-hydrogen) atoms. The Balaban J connectivity index is 1.50. The maximum absolute atomic E-state index is 13.0. The number of hydrogen-bond acceptors (Lipinski definition) is 2. The van der Waals surface area contributed by atoms with E-state index in [4.69, 9.17) is 0 Å². The molecule has 3 rings (SSSR count). The van der Waals surface area contributed by atoms with E-state index in [1.165, 1.54) is 12.1 Å². The van der Waals surface area contributed by atoms with Crippen molar-refractivity contribution >= 4 is 23.3 Å². The topological polar surface area (TPSA) is 61.4 Å². The highest BCUT2D eigenvalue weighted by atomic mass is 19.1. The number of likely N-dealkylation sites (tertiary alicyclic amines) is 1. The molecule has 1 aliphatic rings. The zero-order valence-electron chi connectivity index (χ0n) is 17.2. The van der Waals surface area contributed by atoms with Gasteiger partial charge in [0.15, 0.2) is 0 Å². The van der Waals surface area contributed by atoms with Crippen LogP contribution in [0, 0.1) is 31.5 Å². The van der Waals surface area contributed by atoms with E-state index in [-0.39, 0.29) is 29.6 Å². The number of carbonyl (C=O) groups excluding carboxylic acids is 2. The predicted molar refractivity (Wildman–Crippen MR) is 113 cm³/mol. The number of halogens is 1. The van der Waals surface area contributed by atoms with Crippen LogP contribution < -0.4 is 10.6 Å². The first kappa shape index (κ1) is 20.8. The van der Waals surface area contributed by atoms with Crippen LogP contribution in [0.2, 0.25) is 0 Å². The van der Waals surface area contributed by atoms with Crippen molar-refractivity contribution in [2.45, 2.75) is 33.6 Å². The maximum atomic E-state index is 13.0. The number of rotatable bonds is 4. The Kier molecular flexibility index (Phi) is 6.52.